The smallest absolute Gasteiger partial charge is 0.191 e. The van der Waals surface area contributed by atoms with E-state index < -0.39 is 0 Å². The Balaban J connectivity index is 1.47. The summed E-state index contributed by atoms with van der Waals surface area (Å²) in [6.07, 6.45) is 6.89. The fourth-order valence-electron chi connectivity index (χ4n) is 4.38. The summed E-state index contributed by atoms with van der Waals surface area (Å²) in [6.45, 7) is 6.15. The first kappa shape index (κ1) is 21.5. The van der Waals surface area contributed by atoms with Crippen molar-refractivity contribution in [2.75, 3.05) is 13.7 Å². The minimum absolute atomic E-state index is 0.269. The van der Waals surface area contributed by atoms with E-state index in [2.05, 4.69) is 33.7 Å². The van der Waals surface area contributed by atoms with Gasteiger partial charge in [-0.25, -0.2) is 14.7 Å². The molecule has 0 spiro atoms. The molecule has 0 bridgehead atoms. The summed E-state index contributed by atoms with van der Waals surface area (Å²) in [5.41, 5.74) is 1.04. The predicted octanol–water partition coefficient (Wildman–Crippen LogP) is 2.99. The van der Waals surface area contributed by atoms with Crippen LogP contribution in [0.15, 0.2) is 23.2 Å². The molecule has 2 aromatic rings. The molecule has 1 aliphatic carbocycles. The summed E-state index contributed by atoms with van der Waals surface area (Å²) in [4.78, 5) is 9.36. The highest BCUT2D eigenvalue weighted by Crippen LogP contribution is 2.35. The summed E-state index contributed by atoms with van der Waals surface area (Å²) in [7, 11) is 1.69. The first-order chi connectivity index (χ1) is 15.2. The topological polar surface area (TPSA) is 85.6 Å². The minimum atomic E-state index is 0.269. The van der Waals surface area contributed by atoms with Crippen LogP contribution >= 0.6 is 0 Å². The highest BCUT2D eigenvalue weighted by atomic mass is 16.5. The maximum atomic E-state index is 6.36. The quantitative estimate of drug-likeness (QED) is 0.523. The first-order valence-corrected chi connectivity index (χ1v) is 11.4. The van der Waals surface area contributed by atoms with Gasteiger partial charge in [-0.05, 0) is 52.0 Å². The second kappa shape index (κ2) is 10.0. The lowest BCUT2D eigenvalue weighted by Gasteiger charge is -2.25. The van der Waals surface area contributed by atoms with Gasteiger partial charge < -0.3 is 20.1 Å². The lowest BCUT2D eigenvalue weighted by atomic mass is 10.1. The molecule has 4 rings (SSSR count). The third-order valence-corrected chi connectivity index (χ3v) is 5.92. The van der Waals surface area contributed by atoms with E-state index in [1.807, 2.05) is 23.7 Å². The Morgan fingerprint density at radius 2 is 2.10 bits per heavy atom. The van der Waals surface area contributed by atoms with Gasteiger partial charge in [0.15, 0.2) is 17.5 Å². The molecule has 1 aliphatic heterocycles. The monoisotopic (exact) mass is 426 g/mol. The van der Waals surface area contributed by atoms with Crippen LogP contribution in [0, 0.1) is 6.92 Å². The van der Waals surface area contributed by atoms with Crippen molar-refractivity contribution < 1.29 is 9.47 Å². The molecule has 1 atom stereocenters. The van der Waals surface area contributed by atoms with Gasteiger partial charge in [0.05, 0.1) is 26.3 Å². The molecule has 2 N–H and O–H groups in total. The SMILES string of the molecule is CCNC(=NCc1cccc(OC)c1OC1CCCC1)NC1CCc2nc(C)nn2C1. The van der Waals surface area contributed by atoms with E-state index >= 15 is 0 Å². The zero-order valence-corrected chi connectivity index (χ0v) is 18.9. The van der Waals surface area contributed by atoms with Gasteiger partial charge in [-0.15, -0.1) is 0 Å². The van der Waals surface area contributed by atoms with Crippen LogP contribution in [-0.2, 0) is 19.5 Å². The Kier molecular flexibility index (Phi) is 6.94. The van der Waals surface area contributed by atoms with Crippen LogP contribution in [0.1, 0.15) is 56.2 Å². The van der Waals surface area contributed by atoms with E-state index in [-0.39, 0.29) is 12.1 Å². The van der Waals surface area contributed by atoms with Gasteiger partial charge in [0.2, 0.25) is 0 Å². The fraction of sp³-hybridized carbons (Fsp3) is 0.609. The van der Waals surface area contributed by atoms with Crippen molar-refractivity contribution in [1.29, 1.82) is 0 Å². The van der Waals surface area contributed by atoms with Crippen molar-refractivity contribution >= 4 is 5.96 Å². The number of nitrogens with one attached hydrogen (secondary N) is 2. The summed E-state index contributed by atoms with van der Waals surface area (Å²) >= 11 is 0. The maximum Gasteiger partial charge on any atom is 0.191 e. The second-order valence-electron chi connectivity index (χ2n) is 8.31. The average molecular weight is 427 g/mol. The highest BCUT2D eigenvalue weighted by Gasteiger charge is 2.23. The van der Waals surface area contributed by atoms with E-state index in [1.165, 1.54) is 12.8 Å². The molecule has 1 aromatic heterocycles. The molecule has 1 saturated carbocycles. The maximum absolute atomic E-state index is 6.36. The van der Waals surface area contributed by atoms with Crippen molar-refractivity contribution in [2.24, 2.45) is 4.99 Å². The van der Waals surface area contributed by atoms with Crippen LogP contribution in [0.25, 0.3) is 0 Å². The molecule has 1 fully saturated rings. The van der Waals surface area contributed by atoms with Gasteiger partial charge in [0, 0.05) is 24.6 Å². The van der Waals surface area contributed by atoms with Gasteiger partial charge in [0.1, 0.15) is 11.6 Å². The lowest BCUT2D eigenvalue weighted by Crippen LogP contribution is -2.47. The second-order valence-corrected chi connectivity index (χ2v) is 8.31. The average Bonchev–Trinajstić information content (AvgIpc) is 3.41. The number of benzene rings is 1. The van der Waals surface area contributed by atoms with E-state index in [1.54, 1.807) is 7.11 Å². The van der Waals surface area contributed by atoms with E-state index in [9.17, 15) is 0 Å². The van der Waals surface area contributed by atoms with Crippen molar-refractivity contribution in [2.45, 2.75) is 77.6 Å². The van der Waals surface area contributed by atoms with Crippen LogP contribution < -0.4 is 20.1 Å². The van der Waals surface area contributed by atoms with Gasteiger partial charge in [-0.2, -0.15) is 5.10 Å². The highest BCUT2D eigenvalue weighted by molar-refractivity contribution is 5.80. The number of rotatable bonds is 7. The third-order valence-electron chi connectivity index (χ3n) is 5.92. The van der Waals surface area contributed by atoms with Crippen molar-refractivity contribution in [3.63, 3.8) is 0 Å². The molecule has 8 nitrogen and oxygen atoms in total. The van der Waals surface area contributed by atoms with Crippen molar-refractivity contribution in [3.05, 3.63) is 35.4 Å². The molecule has 1 aromatic carbocycles. The van der Waals surface area contributed by atoms with E-state index in [0.29, 0.717) is 6.54 Å². The first-order valence-electron chi connectivity index (χ1n) is 11.4. The van der Waals surface area contributed by atoms with Gasteiger partial charge >= 0.3 is 0 Å². The molecular formula is C23H34N6O2. The zero-order chi connectivity index (χ0) is 21.6. The number of hydrogen-bond acceptors (Lipinski definition) is 5. The number of guanidine groups is 1. The third kappa shape index (κ3) is 5.29. The van der Waals surface area contributed by atoms with Crippen LogP contribution in [0.4, 0.5) is 0 Å². The number of aryl methyl sites for hydroxylation is 2. The molecule has 8 heteroatoms. The molecular weight excluding hydrogens is 392 g/mol. The van der Waals surface area contributed by atoms with Gasteiger partial charge in [-0.1, -0.05) is 12.1 Å². The number of nitrogens with zero attached hydrogens (tertiary/aromatic N) is 4. The van der Waals surface area contributed by atoms with Crippen LogP contribution in [0.5, 0.6) is 11.5 Å². The van der Waals surface area contributed by atoms with Crippen LogP contribution in [0.2, 0.25) is 0 Å². The molecule has 31 heavy (non-hydrogen) atoms. The molecule has 0 radical (unpaired) electrons. The van der Waals surface area contributed by atoms with Crippen LogP contribution in [-0.4, -0.2) is 46.5 Å². The minimum Gasteiger partial charge on any atom is -0.493 e. The van der Waals surface area contributed by atoms with E-state index in [4.69, 9.17) is 14.5 Å². The van der Waals surface area contributed by atoms with Gasteiger partial charge in [0.25, 0.3) is 0 Å². The number of para-hydroxylation sites is 1. The Hall–Kier alpha value is -2.77. The number of ether oxygens (including phenoxy) is 2. The standard InChI is InChI=1S/C23H34N6O2/c1-4-24-23(27-18-12-13-21-26-16(2)28-29(21)15-18)25-14-17-8-7-11-20(30-3)22(17)31-19-9-5-6-10-19/h7-8,11,18-19H,4-6,9-10,12-15H2,1-3H3,(H2,24,25,27). The number of fused-ring (bicyclic) bond motifs is 1. The molecule has 2 aliphatic rings. The summed E-state index contributed by atoms with van der Waals surface area (Å²) in [5.74, 6) is 4.32. The Morgan fingerprint density at radius 3 is 2.87 bits per heavy atom. The molecule has 0 saturated heterocycles. The molecule has 168 valence electrons. The Morgan fingerprint density at radius 1 is 1.26 bits per heavy atom. The van der Waals surface area contributed by atoms with Crippen molar-refractivity contribution in [1.82, 2.24) is 25.4 Å². The number of methoxy groups -OCH3 is 1. The largest absolute Gasteiger partial charge is 0.493 e. The summed E-state index contributed by atoms with van der Waals surface area (Å²) in [6, 6.07) is 6.30. The summed E-state index contributed by atoms with van der Waals surface area (Å²) in [5, 5.41) is 11.5. The van der Waals surface area contributed by atoms with Gasteiger partial charge in [-0.3, -0.25) is 0 Å². The molecule has 2 heterocycles. The van der Waals surface area contributed by atoms with E-state index in [0.717, 1.165) is 73.4 Å². The number of aliphatic imine (C=N–C) groups is 1. The van der Waals surface area contributed by atoms with Crippen molar-refractivity contribution in [3.8, 4) is 11.5 Å². The molecule has 0 amide bonds. The molecule has 1 unspecified atom stereocenters. The predicted molar refractivity (Wildman–Crippen MR) is 121 cm³/mol. The Labute approximate surface area is 184 Å². The normalized spacial score (nSPS) is 19.2. The zero-order valence-electron chi connectivity index (χ0n) is 18.9. The number of hydrogen-bond donors (Lipinski definition) is 2. The van der Waals surface area contributed by atoms with Crippen LogP contribution in [0.3, 0.4) is 0 Å². The fourth-order valence-corrected chi connectivity index (χ4v) is 4.38. The Bertz CT molecular complexity index is 903. The summed E-state index contributed by atoms with van der Waals surface area (Å²) < 4.78 is 14.0. The number of aromatic nitrogens is 3. The lowest BCUT2D eigenvalue weighted by molar-refractivity contribution is 0.198.